The summed E-state index contributed by atoms with van der Waals surface area (Å²) in [5.74, 6) is 2.20. The zero-order valence-corrected chi connectivity index (χ0v) is 38.8. The summed E-state index contributed by atoms with van der Waals surface area (Å²) in [6.45, 7) is 37.8. The van der Waals surface area contributed by atoms with E-state index in [2.05, 4.69) is 128 Å². The van der Waals surface area contributed by atoms with Crippen LogP contribution in [0.25, 0.3) is 5.31 Å². The number of aliphatic hydroxyl groups excluding tert-OH is 1. The van der Waals surface area contributed by atoms with Crippen LogP contribution in [0.4, 0.5) is 0 Å². The van der Waals surface area contributed by atoms with Gasteiger partial charge in [0.2, 0.25) is 0 Å². The Morgan fingerprint density at radius 1 is 0.925 bits per heavy atom. The van der Waals surface area contributed by atoms with Crippen LogP contribution in [-0.2, 0) is 14.3 Å². The fourth-order valence-electron chi connectivity index (χ4n) is 4.15. The zero-order chi connectivity index (χ0) is 42.2. The van der Waals surface area contributed by atoms with Crippen LogP contribution in [0.1, 0.15) is 155 Å². The maximum absolute atomic E-state index is 11.1. The molecule has 0 radical (unpaired) electrons. The number of hydrogen-bond donors (Lipinski definition) is 1. The Balaban J connectivity index is -0.000000321. The predicted octanol–water partition coefficient (Wildman–Crippen LogP) is 15.1. The number of hydrogen-bond acceptors (Lipinski definition) is 4. The molecule has 0 aliphatic carbocycles. The number of carbonyl (C=O) groups excluding carboxylic acids is 2. The van der Waals surface area contributed by atoms with Gasteiger partial charge in [0, 0.05) is 12.1 Å². The summed E-state index contributed by atoms with van der Waals surface area (Å²) in [5, 5.41) is 9.02. The van der Waals surface area contributed by atoms with E-state index < -0.39 is 0 Å². The van der Waals surface area contributed by atoms with E-state index in [1.165, 1.54) is 55.0 Å². The number of halogens is 1. The van der Waals surface area contributed by atoms with Gasteiger partial charge < -0.3 is 9.84 Å². The van der Waals surface area contributed by atoms with E-state index in [-0.39, 0.29) is 11.1 Å². The minimum Gasteiger partial charge on any atom is -0.457 e. The van der Waals surface area contributed by atoms with Crippen molar-refractivity contribution < 1.29 is 19.4 Å². The Hall–Kier alpha value is -2.52. The first-order valence-electron chi connectivity index (χ1n) is 19.3. The van der Waals surface area contributed by atoms with E-state index in [0.717, 1.165) is 42.0 Å². The number of rotatable bonds is 8. The van der Waals surface area contributed by atoms with Crippen LogP contribution < -0.4 is 0 Å². The first-order chi connectivity index (χ1) is 24.7. The molecule has 1 aromatic rings. The third-order valence-corrected chi connectivity index (χ3v) is 8.44. The van der Waals surface area contributed by atoms with Crippen molar-refractivity contribution in [3.63, 3.8) is 0 Å². The number of aldehydes is 2. The highest BCUT2D eigenvalue weighted by Gasteiger charge is 2.34. The third-order valence-electron chi connectivity index (χ3n) is 6.70. The largest absolute Gasteiger partial charge is 0.457 e. The quantitative estimate of drug-likeness (QED) is 0.124. The zero-order valence-electron chi connectivity index (χ0n) is 37.0. The number of aliphatic hydroxyl groups is 1. The highest BCUT2D eigenvalue weighted by Crippen LogP contribution is 2.52. The molecule has 53 heavy (non-hydrogen) atoms. The van der Waals surface area contributed by atoms with Gasteiger partial charge in [-0.3, -0.25) is 9.59 Å². The molecule has 0 aromatic heterocycles. The molecule has 2 unspecified atom stereocenters. The number of carbonyl (C=O) groups is 2. The first kappa shape index (κ1) is 57.2. The molecule has 2 heterocycles. The number of unbranched alkanes of at least 4 members (excludes halogenated alkanes) is 1. The van der Waals surface area contributed by atoms with Gasteiger partial charge >= 0.3 is 0 Å². The van der Waals surface area contributed by atoms with Crippen molar-refractivity contribution >= 4 is 38.1 Å². The Labute approximate surface area is 335 Å². The number of fused-ring (bicyclic) bond motifs is 1. The van der Waals surface area contributed by atoms with Crippen LogP contribution in [0.5, 0.6) is 0 Å². The van der Waals surface area contributed by atoms with E-state index in [9.17, 15) is 9.59 Å². The molecule has 1 aromatic carbocycles. The van der Waals surface area contributed by atoms with Gasteiger partial charge in [0.1, 0.15) is 12.0 Å². The predicted molar refractivity (Wildman–Crippen MR) is 241 cm³/mol. The van der Waals surface area contributed by atoms with Crippen molar-refractivity contribution in [3.8, 4) is 0 Å². The molecule has 6 heteroatoms. The fourth-order valence-corrected chi connectivity index (χ4v) is 5.77. The van der Waals surface area contributed by atoms with Gasteiger partial charge in [-0.2, -0.15) is 0 Å². The van der Waals surface area contributed by atoms with Gasteiger partial charge in [-0.1, -0.05) is 178 Å². The molecule has 2 aliphatic heterocycles. The molecule has 0 amide bonds. The summed E-state index contributed by atoms with van der Waals surface area (Å²) in [7, 11) is 1.55. The van der Waals surface area contributed by atoms with E-state index in [1.807, 2.05) is 37.3 Å². The van der Waals surface area contributed by atoms with Crippen LogP contribution in [0.2, 0.25) is 5.02 Å². The van der Waals surface area contributed by atoms with Crippen molar-refractivity contribution in [3.05, 3.63) is 100 Å². The molecule has 0 fully saturated rings. The van der Waals surface area contributed by atoms with Crippen molar-refractivity contribution in [2.75, 3.05) is 7.11 Å². The van der Waals surface area contributed by atoms with Crippen LogP contribution in [-0.4, -0.2) is 30.4 Å². The minimum atomic E-state index is -0.0394. The molecule has 1 N–H and O–H groups in total. The molecular formula is C47H80ClO4P. The maximum atomic E-state index is 11.1. The average Bonchev–Trinajstić information content (AvgIpc) is 3.51. The van der Waals surface area contributed by atoms with E-state index in [4.69, 9.17) is 21.4 Å². The van der Waals surface area contributed by atoms with E-state index in [0.29, 0.717) is 25.3 Å². The van der Waals surface area contributed by atoms with Crippen molar-refractivity contribution in [2.24, 2.45) is 16.7 Å². The summed E-state index contributed by atoms with van der Waals surface area (Å²) in [6.07, 6.45) is 19.7. The second-order valence-corrected chi connectivity index (χ2v) is 17.7. The fraction of sp³-hybridized carbons (Fsp3) is 0.574. The van der Waals surface area contributed by atoms with Gasteiger partial charge in [-0.25, -0.2) is 0 Å². The normalized spacial score (nSPS) is 14.9. The molecule has 4 nitrogen and oxygen atoms in total. The monoisotopic (exact) mass is 775 g/mol. The first-order valence-corrected chi connectivity index (χ1v) is 20.8. The van der Waals surface area contributed by atoms with Crippen LogP contribution >= 0.6 is 20.2 Å². The smallest absolute Gasteiger partial charge is 0.185 e. The summed E-state index contributed by atoms with van der Waals surface area (Å²) in [5.41, 5.74) is 5.06. The second kappa shape index (κ2) is 34.0. The Morgan fingerprint density at radius 3 is 1.74 bits per heavy atom. The van der Waals surface area contributed by atoms with Crippen LogP contribution in [0.15, 0.2) is 89.5 Å². The van der Waals surface area contributed by atoms with Gasteiger partial charge in [0.15, 0.2) is 12.0 Å². The lowest BCUT2D eigenvalue weighted by atomic mass is 9.84. The van der Waals surface area contributed by atoms with Gasteiger partial charge in [0.05, 0.1) is 5.66 Å². The lowest BCUT2D eigenvalue weighted by Crippen LogP contribution is -2.17. The molecular weight excluding hydrogens is 695 g/mol. The van der Waals surface area contributed by atoms with E-state index >= 15 is 0 Å². The Bertz CT molecular complexity index is 1260. The molecule has 2 aliphatic rings. The number of ether oxygens (including phenoxy) is 1. The van der Waals surface area contributed by atoms with Crippen LogP contribution in [0.3, 0.4) is 0 Å². The highest BCUT2D eigenvalue weighted by atomic mass is 35.5. The highest BCUT2D eigenvalue weighted by molar-refractivity contribution is 7.52. The molecule has 304 valence electrons. The molecule has 0 spiro atoms. The molecule has 2 atom stereocenters. The summed E-state index contributed by atoms with van der Waals surface area (Å²) < 4.78 is 5.77. The van der Waals surface area contributed by atoms with Crippen molar-refractivity contribution in [1.82, 2.24) is 0 Å². The lowest BCUT2D eigenvalue weighted by molar-refractivity contribution is -0.107. The average molecular weight is 776 g/mol. The second-order valence-electron chi connectivity index (χ2n) is 15.8. The van der Waals surface area contributed by atoms with E-state index in [1.54, 1.807) is 6.92 Å². The Morgan fingerprint density at radius 2 is 1.42 bits per heavy atom. The standard InChI is InChI=1S/C18H18ClO2P.C9H16.C7H16.C4H6O.2C4H10.CH4O/c1-18(2,3)14-9-15(11-4-6-12(19)7-5-11)22-16-8-13(10-20)21-17(14)16;1-4-6-8-9(3)7-5-2;1-5-6-7(2,3)4;1-4(2)3-5;1-4(2)3;1-3-4-2;1-2/h4-10,16,22H,1-3H3;4,6,8H,5,7H2,1-3H3;5-6H2,1-4H3;3H,1H2,2H3;4H,1-3H3;3-4H2,1-2H3;2H,1H3/b;6-4-,9-8-;;;;;. The van der Waals surface area contributed by atoms with Crippen molar-refractivity contribution in [2.45, 2.75) is 155 Å². The molecule has 0 bridgehead atoms. The summed E-state index contributed by atoms with van der Waals surface area (Å²) in [6, 6.07) is 7.92. The van der Waals surface area contributed by atoms with Gasteiger partial charge in [0.25, 0.3) is 0 Å². The SMILES string of the molecule is C/C=C\C=C(\C)CCC.C=C(C)C=O.CC(C)(C)C1=C2OC(C=O)=CC2PC(c2ccc(Cl)cc2)=C1.CC(C)C.CCCC.CCCC(C)(C)C.CO. The number of benzene rings is 1. The van der Waals surface area contributed by atoms with Gasteiger partial charge in [-0.15, -0.1) is 0 Å². The van der Waals surface area contributed by atoms with Crippen LogP contribution in [0, 0.1) is 16.7 Å². The molecule has 0 saturated carbocycles. The summed E-state index contributed by atoms with van der Waals surface area (Å²) >= 11 is 5.98. The van der Waals surface area contributed by atoms with Gasteiger partial charge in [-0.05, 0) is 96.7 Å². The Kier molecular flexibility index (Phi) is 36.7. The maximum Gasteiger partial charge on any atom is 0.185 e. The minimum absolute atomic E-state index is 0.0394. The molecule has 0 saturated heterocycles. The summed E-state index contributed by atoms with van der Waals surface area (Å²) in [4.78, 5) is 20.5. The van der Waals surface area contributed by atoms with Crippen molar-refractivity contribution in [1.29, 1.82) is 0 Å². The lowest BCUT2D eigenvalue weighted by Gasteiger charge is -2.29. The molecule has 3 rings (SSSR count). The topological polar surface area (TPSA) is 63.6 Å². The number of allylic oxidation sites excluding steroid dienone is 9. The third kappa shape index (κ3) is 33.8.